The van der Waals surface area contributed by atoms with E-state index in [1.54, 1.807) is 0 Å². The third-order valence-electron chi connectivity index (χ3n) is 4.38. The first-order chi connectivity index (χ1) is 12.7. The van der Waals surface area contributed by atoms with Crippen LogP contribution in [0.1, 0.15) is 25.7 Å². The minimum absolute atomic E-state index is 0.366. The van der Waals surface area contributed by atoms with Crippen LogP contribution < -0.4 is 4.57 Å². The van der Waals surface area contributed by atoms with Crippen molar-refractivity contribution in [3.8, 4) is 0 Å². The highest BCUT2D eigenvalue weighted by molar-refractivity contribution is 8.03. The predicted molar refractivity (Wildman–Crippen MR) is 104 cm³/mol. The number of hydrogen-bond acceptors (Lipinski definition) is 5. The van der Waals surface area contributed by atoms with Gasteiger partial charge in [0.1, 0.15) is 0 Å². The normalized spacial score (nSPS) is 15.7. The highest BCUT2D eigenvalue weighted by atomic mass is 32.2. The Labute approximate surface area is 158 Å². The van der Waals surface area contributed by atoms with E-state index < -0.39 is 0 Å². The van der Waals surface area contributed by atoms with Crippen LogP contribution in [0.25, 0.3) is 17.2 Å². The standard InChI is InChI=1S/C20H25N2O3S/c1-3-20(23)24-13-8-7-11-22-16-9-5-6-10-17(16)25-18(22)15-19-21(4-2)12-14-26-19/h3,5-6,9-10,15H,1,4,7-8,11-14H2,2H3/q+1. The number of ether oxygens (including phenoxy) is 1. The van der Waals surface area contributed by atoms with Gasteiger partial charge in [0.2, 0.25) is 5.58 Å². The van der Waals surface area contributed by atoms with Gasteiger partial charge >= 0.3 is 11.9 Å². The smallest absolute Gasteiger partial charge is 0.376 e. The zero-order valence-corrected chi connectivity index (χ0v) is 16.0. The SMILES string of the molecule is C=CC(=O)OCCCC[n+]1c(C=C2SCCN2CC)oc2ccccc21. The van der Waals surface area contributed by atoms with Gasteiger partial charge in [-0.2, -0.15) is 4.57 Å². The van der Waals surface area contributed by atoms with Crippen molar-refractivity contribution in [2.75, 3.05) is 25.4 Å². The van der Waals surface area contributed by atoms with Crippen molar-refractivity contribution in [2.24, 2.45) is 0 Å². The van der Waals surface area contributed by atoms with Gasteiger partial charge in [-0.1, -0.05) is 18.7 Å². The lowest BCUT2D eigenvalue weighted by molar-refractivity contribution is -0.678. The number of aryl methyl sites for hydroxylation is 1. The molecule has 0 spiro atoms. The van der Waals surface area contributed by atoms with E-state index in [0.29, 0.717) is 6.61 Å². The number of rotatable bonds is 8. The third-order valence-corrected chi connectivity index (χ3v) is 5.43. The Morgan fingerprint density at radius 2 is 2.27 bits per heavy atom. The average Bonchev–Trinajstić information content (AvgIpc) is 3.25. The fraction of sp³-hybridized carbons (Fsp3) is 0.400. The molecule has 0 aliphatic carbocycles. The number of unbranched alkanes of at least 4 members (excludes halogenated alkanes) is 1. The van der Waals surface area contributed by atoms with Crippen LogP contribution in [0, 0.1) is 0 Å². The molecule has 1 aromatic heterocycles. The Hall–Kier alpha value is -2.21. The first kappa shape index (κ1) is 18.6. The second kappa shape index (κ2) is 8.94. The Kier molecular flexibility index (Phi) is 6.39. The van der Waals surface area contributed by atoms with Crippen molar-refractivity contribution in [2.45, 2.75) is 26.3 Å². The summed E-state index contributed by atoms with van der Waals surface area (Å²) in [5, 5.41) is 1.26. The molecule has 138 valence electrons. The maximum absolute atomic E-state index is 11.1. The number of para-hydroxylation sites is 2. The molecular formula is C20H25N2O3S+. The number of fused-ring (bicyclic) bond motifs is 1. The first-order valence-corrected chi connectivity index (χ1v) is 10.0. The van der Waals surface area contributed by atoms with E-state index in [1.807, 2.05) is 30.0 Å². The second-order valence-corrected chi connectivity index (χ2v) is 7.16. The monoisotopic (exact) mass is 373 g/mol. The molecule has 0 N–H and O–H groups in total. The number of oxazole rings is 1. The molecule has 0 radical (unpaired) electrons. The van der Waals surface area contributed by atoms with Crippen LogP contribution >= 0.6 is 11.8 Å². The number of benzene rings is 1. The molecule has 0 amide bonds. The summed E-state index contributed by atoms with van der Waals surface area (Å²) in [6.07, 6.45) is 5.05. The third kappa shape index (κ3) is 4.30. The topological polar surface area (TPSA) is 46.6 Å². The van der Waals surface area contributed by atoms with Gasteiger partial charge in [-0.15, -0.1) is 11.8 Å². The molecule has 3 rings (SSSR count). The van der Waals surface area contributed by atoms with Crippen molar-refractivity contribution in [3.05, 3.63) is 47.8 Å². The lowest BCUT2D eigenvalue weighted by Gasteiger charge is -2.14. The zero-order chi connectivity index (χ0) is 18.4. The average molecular weight is 373 g/mol. The molecule has 1 saturated heterocycles. The molecule has 1 aliphatic rings. The summed E-state index contributed by atoms with van der Waals surface area (Å²) in [5.41, 5.74) is 1.98. The van der Waals surface area contributed by atoms with Crippen LogP contribution in [0.15, 0.2) is 46.4 Å². The summed E-state index contributed by atoms with van der Waals surface area (Å²) in [5.74, 6) is 1.63. The maximum atomic E-state index is 11.1. The lowest BCUT2D eigenvalue weighted by atomic mass is 10.3. The lowest BCUT2D eigenvalue weighted by Crippen LogP contribution is -2.35. The summed E-state index contributed by atoms with van der Waals surface area (Å²) in [6.45, 7) is 8.91. The van der Waals surface area contributed by atoms with E-state index in [-0.39, 0.29) is 5.97 Å². The Balaban J connectivity index is 1.76. The predicted octanol–water partition coefficient (Wildman–Crippen LogP) is 3.60. The van der Waals surface area contributed by atoms with E-state index in [0.717, 1.165) is 55.2 Å². The van der Waals surface area contributed by atoms with E-state index in [1.165, 1.54) is 11.1 Å². The van der Waals surface area contributed by atoms with Gasteiger partial charge in [-0.3, -0.25) is 0 Å². The molecule has 1 aromatic carbocycles. The quantitative estimate of drug-likeness (QED) is 0.306. The summed E-state index contributed by atoms with van der Waals surface area (Å²) in [4.78, 5) is 13.5. The number of hydrogen-bond donors (Lipinski definition) is 0. The van der Waals surface area contributed by atoms with Crippen LogP contribution in [0.2, 0.25) is 0 Å². The number of aromatic nitrogens is 1. The minimum Gasteiger partial charge on any atom is -0.463 e. The van der Waals surface area contributed by atoms with Crippen molar-refractivity contribution in [3.63, 3.8) is 0 Å². The molecule has 1 fully saturated rings. The largest absolute Gasteiger partial charge is 0.463 e. The summed E-state index contributed by atoms with van der Waals surface area (Å²) in [6, 6.07) is 8.10. The molecule has 2 heterocycles. The summed E-state index contributed by atoms with van der Waals surface area (Å²) < 4.78 is 13.4. The maximum Gasteiger partial charge on any atom is 0.376 e. The van der Waals surface area contributed by atoms with Gasteiger partial charge in [-0.25, -0.2) is 4.79 Å². The Morgan fingerprint density at radius 3 is 3.08 bits per heavy atom. The van der Waals surface area contributed by atoms with Crippen molar-refractivity contribution in [1.29, 1.82) is 0 Å². The van der Waals surface area contributed by atoms with Crippen molar-refractivity contribution in [1.82, 2.24) is 4.90 Å². The molecular weight excluding hydrogens is 348 g/mol. The highest BCUT2D eigenvalue weighted by Gasteiger charge is 2.24. The van der Waals surface area contributed by atoms with Gasteiger partial charge in [0.15, 0.2) is 6.54 Å². The molecule has 5 nitrogen and oxygen atoms in total. The second-order valence-electron chi connectivity index (χ2n) is 6.05. The van der Waals surface area contributed by atoms with Crippen molar-refractivity contribution < 1.29 is 18.5 Å². The van der Waals surface area contributed by atoms with Gasteiger partial charge in [0.05, 0.1) is 17.7 Å². The molecule has 0 atom stereocenters. The minimum atomic E-state index is -0.366. The molecule has 0 saturated carbocycles. The van der Waals surface area contributed by atoms with E-state index >= 15 is 0 Å². The highest BCUT2D eigenvalue weighted by Crippen LogP contribution is 2.29. The molecule has 2 aromatic rings. The number of esters is 1. The number of carbonyl (C=O) groups is 1. The van der Waals surface area contributed by atoms with Gasteiger partial charge in [0, 0.05) is 37.4 Å². The van der Waals surface area contributed by atoms with Gasteiger partial charge < -0.3 is 14.1 Å². The van der Waals surface area contributed by atoms with Crippen LogP contribution in [0.4, 0.5) is 0 Å². The molecule has 26 heavy (non-hydrogen) atoms. The van der Waals surface area contributed by atoms with E-state index in [9.17, 15) is 4.79 Å². The van der Waals surface area contributed by atoms with Gasteiger partial charge in [-0.05, 0) is 19.4 Å². The van der Waals surface area contributed by atoms with Crippen LogP contribution in [-0.4, -0.2) is 36.3 Å². The van der Waals surface area contributed by atoms with Crippen LogP contribution in [-0.2, 0) is 16.1 Å². The molecule has 1 aliphatic heterocycles. The first-order valence-electron chi connectivity index (χ1n) is 9.03. The zero-order valence-electron chi connectivity index (χ0n) is 15.1. The van der Waals surface area contributed by atoms with Crippen LogP contribution in [0.5, 0.6) is 0 Å². The van der Waals surface area contributed by atoms with E-state index in [4.69, 9.17) is 9.15 Å². The fourth-order valence-electron chi connectivity index (χ4n) is 3.01. The number of nitrogens with zero attached hydrogens (tertiary/aromatic N) is 2. The summed E-state index contributed by atoms with van der Waals surface area (Å²) in [7, 11) is 0. The molecule has 0 unspecified atom stereocenters. The van der Waals surface area contributed by atoms with Gasteiger partial charge in [0.25, 0.3) is 5.52 Å². The Morgan fingerprint density at radius 1 is 1.42 bits per heavy atom. The molecule has 0 bridgehead atoms. The fourth-order valence-corrected chi connectivity index (χ4v) is 4.12. The number of carbonyl (C=O) groups excluding carboxylic acids is 1. The Bertz CT molecular complexity index is 812. The van der Waals surface area contributed by atoms with Crippen LogP contribution in [0.3, 0.4) is 0 Å². The van der Waals surface area contributed by atoms with E-state index in [2.05, 4.69) is 35.1 Å². The number of thioether (sulfide) groups is 1. The van der Waals surface area contributed by atoms with Crippen molar-refractivity contribution >= 4 is 34.9 Å². The summed E-state index contributed by atoms with van der Waals surface area (Å²) >= 11 is 1.87. The molecule has 6 heteroatoms.